The van der Waals surface area contributed by atoms with E-state index in [9.17, 15) is 4.79 Å². The molecule has 88 valence electrons. The molecule has 0 bridgehead atoms. The molecule has 0 fully saturated rings. The lowest BCUT2D eigenvalue weighted by molar-refractivity contribution is -0.129. The number of carbonyl (C=O) groups is 1. The Morgan fingerprint density at radius 2 is 1.81 bits per heavy atom. The van der Waals surface area contributed by atoms with Crippen molar-refractivity contribution in [2.75, 3.05) is 0 Å². The van der Waals surface area contributed by atoms with Gasteiger partial charge in [0.25, 0.3) is 0 Å². The Labute approximate surface area is 98.1 Å². The molecule has 0 saturated carbocycles. The number of benzene rings is 1. The number of hydrogen-bond donors (Lipinski definition) is 1. The van der Waals surface area contributed by atoms with Crippen LogP contribution in [0.25, 0.3) is 0 Å². The molecule has 2 heteroatoms. The van der Waals surface area contributed by atoms with Crippen LogP contribution < -0.4 is 5.32 Å². The summed E-state index contributed by atoms with van der Waals surface area (Å²) in [5.74, 6) is 0.0863. The Kier molecular flexibility index (Phi) is 3.74. The number of amides is 1. The van der Waals surface area contributed by atoms with E-state index in [-0.39, 0.29) is 17.4 Å². The summed E-state index contributed by atoms with van der Waals surface area (Å²) in [4.78, 5) is 11.8. The van der Waals surface area contributed by atoms with Gasteiger partial charge in [0.2, 0.25) is 5.91 Å². The maximum Gasteiger partial charge on any atom is 0.225 e. The number of hydrogen-bond acceptors (Lipinski definition) is 1. The van der Waals surface area contributed by atoms with E-state index in [1.54, 1.807) is 0 Å². The summed E-state index contributed by atoms with van der Waals surface area (Å²) in [6.07, 6.45) is 0. The van der Waals surface area contributed by atoms with Gasteiger partial charge in [0.15, 0.2) is 0 Å². The first-order valence-corrected chi connectivity index (χ1v) is 5.69. The third kappa shape index (κ3) is 3.09. The fraction of sp³-hybridized carbons (Fsp3) is 0.500. The molecule has 0 saturated heterocycles. The maximum absolute atomic E-state index is 11.8. The molecule has 1 atom stereocenters. The molecule has 1 amide bonds. The molecule has 0 aliphatic heterocycles. The quantitative estimate of drug-likeness (QED) is 0.813. The average Bonchev–Trinajstić information content (AvgIpc) is 2.16. The van der Waals surface area contributed by atoms with Crippen molar-refractivity contribution in [1.29, 1.82) is 0 Å². The van der Waals surface area contributed by atoms with Gasteiger partial charge >= 0.3 is 0 Å². The Morgan fingerprint density at radius 3 is 2.31 bits per heavy atom. The first kappa shape index (κ1) is 12.8. The van der Waals surface area contributed by atoms with Gasteiger partial charge in [0, 0.05) is 5.41 Å². The summed E-state index contributed by atoms with van der Waals surface area (Å²) < 4.78 is 0. The minimum Gasteiger partial charge on any atom is -0.349 e. The number of aryl methyl sites for hydroxylation is 1. The van der Waals surface area contributed by atoms with Gasteiger partial charge in [-0.1, -0.05) is 45.0 Å². The van der Waals surface area contributed by atoms with Gasteiger partial charge in [-0.3, -0.25) is 4.79 Å². The van der Waals surface area contributed by atoms with Gasteiger partial charge in [-0.15, -0.1) is 0 Å². The van der Waals surface area contributed by atoms with Crippen LogP contribution in [0.5, 0.6) is 0 Å². The number of nitrogens with one attached hydrogen (secondary N) is 1. The minimum atomic E-state index is -0.336. The van der Waals surface area contributed by atoms with Gasteiger partial charge in [-0.2, -0.15) is 0 Å². The molecule has 1 N–H and O–H groups in total. The van der Waals surface area contributed by atoms with E-state index in [1.807, 2.05) is 39.8 Å². The van der Waals surface area contributed by atoms with Crippen LogP contribution >= 0.6 is 0 Å². The molecule has 1 aromatic rings. The standard InChI is InChI=1S/C14H21NO/c1-10-8-6-7-9-12(10)11(2)15-13(16)14(3,4)5/h6-9,11H,1-5H3,(H,15,16)/t11-/m1/s1. The molecular weight excluding hydrogens is 198 g/mol. The highest BCUT2D eigenvalue weighted by Gasteiger charge is 2.23. The van der Waals surface area contributed by atoms with Crippen molar-refractivity contribution in [3.05, 3.63) is 35.4 Å². The molecule has 0 heterocycles. The van der Waals surface area contributed by atoms with E-state index in [1.165, 1.54) is 11.1 Å². The summed E-state index contributed by atoms with van der Waals surface area (Å²) in [5, 5.41) is 3.04. The maximum atomic E-state index is 11.8. The predicted octanol–water partition coefficient (Wildman–Crippen LogP) is 3.22. The van der Waals surface area contributed by atoms with E-state index in [4.69, 9.17) is 0 Å². The second kappa shape index (κ2) is 4.69. The lowest BCUT2D eigenvalue weighted by atomic mass is 9.94. The van der Waals surface area contributed by atoms with Crippen molar-refractivity contribution < 1.29 is 4.79 Å². The fourth-order valence-electron chi connectivity index (χ4n) is 1.56. The summed E-state index contributed by atoms with van der Waals surface area (Å²) in [5.41, 5.74) is 2.06. The zero-order valence-corrected chi connectivity index (χ0v) is 10.8. The molecule has 0 radical (unpaired) electrons. The molecule has 0 unspecified atom stereocenters. The zero-order chi connectivity index (χ0) is 12.3. The largest absolute Gasteiger partial charge is 0.349 e. The van der Waals surface area contributed by atoms with Crippen LogP contribution in [0.3, 0.4) is 0 Å². The van der Waals surface area contributed by atoms with Gasteiger partial charge in [0.1, 0.15) is 0 Å². The van der Waals surface area contributed by atoms with Gasteiger partial charge < -0.3 is 5.32 Å². The summed E-state index contributed by atoms with van der Waals surface area (Å²) in [7, 11) is 0. The Morgan fingerprint density at radius 1 is 1.25 bits per heavy atom. The third-order valence-corrected chi connectivity index (χ3v) is 2.68. The van der Waals surface area contributed by atoms with Gasteiger partial charge in [0.05, 0.1) is 6.04 Å². The highest BCUT2D eigenvalue weighted by molar-refractivity contribution is 5.81. The Bertz CT molecular complexity index is 377. The smallest absolute Gasteiger partial charge is 0.225 e. The molecule has 1 rings (SSSR count). The summed E-state index contributed by atoms with van der Waals surface area (Å²) in [6.45, 7) is 9.85. The zero-order valence-electron chi connectivity index (χ0n) is 10.8. The van der Waals surface area contributed by atoms with E-state index < -0.39 is 0 Å². The van der Waals surface area contributed by atoms with Crippen LogP contribution in [0.2, 0.25) is 0 Å². The molecule has 0 aliphatic rings. The lowest BCUT2D eigenvalue weighted by Crippen LogP contribution is -2.36. The average molecular weight is 219 g/mol. The fourth-order valence-corrected chi connectivity index (χ4v) is 1.56. The van der Waals surface area contributed by atoms with Crippen LogP contribution in [0.1, 0.15) is 44.9 Å². The van der Waals surface area contributed by atoms with Crippen molar-refractivity contribution in [3.8, 4) is 0 Å². The first-order valence-electron chi connectivity index (χ1n) is 5.69. The van der Waals surface area contributed by atoms with E-state index in [0.29, 0.717) is 0 Å². The van der Waals surface area contributed by atoms with Crippen molar-refractivity contribution in [2.24, 2.45) is 5.41 Å². The molecule has 2 nitrogen and oxygen atoms in total. The topological polar surface area (TPSA) is 29.1 Å². The highest BCUT2D eigenvalue weighted by atomic mass is 16.2. The molecule has 16 heavy (non-hydrogen) atoms. The Balaban J connectivity index is 2.78. The van der Waals surface area contributed by atoms with E-state index in [0.717, 1.165) is 0 Å². The van der Waals surface area contributed by atoms with Crippen molar-refractivity contribution in [3.63, 3.8) is 0 Å². The van der Waals surface area contributed by atoms with Crippen molar-refractivity contribution in [2.45, 2.75) is 40.7 Å². The third-order valence-electron chi connectivity index (χ3n) is 2.68. The lowest BCUT2D eigenvalue weighted by Gasteiger charge is -2.23. The summed E-state index contributed by atoms with van der Waals surface area (Å²) in [6, 6.07) is 8.20. The normalized spacial score (nSPS) is 13.3. The number of carbonyl (C=O) groups excluding carboxylic acids is 1. The summed E-state index contributed by atoms with van der Waals surface area (Å²) >= 11 is 0. The van der Waals surface area contributed by atoms with Crippen molar-refractivity contribution in [1.82, 2.24) is 5.32 Å². The van der Waals surface area contributed by atoms with Crippen LogP contribution in [-0.4, -0.2) is 5.91 Å². The van der Waals surface area contributed by atoms with E-state index in [2.05, 4.69) is 24.4 Å². The molecule has 0 spiro atoms. The second-order valence-electron chi connectivity index (χ2n) is 5.30. The molecule has 0 aromatic heterocycles. The first-order chi connectivity index (χ1) is 7.32. The van der Waals surface area contributed by atoms with Crippen LogP contribution in [0, 0.1) is 12.3 Å². The van der Waals surface area contributed by atoms with Gasteiger partial charge in [-0.05, 0) is 25.0 Å². The number of rotatable bonds is 2. The highest BCUT2D eigenvalue weighted by Crippen LogP contribution is 2.20. The van der Waals surface area contributed by atoms with Crippen LogP contribution in [-0.2, 0) is 4.79 Å². The van der Waals surface area contributed by atoms with Gasteiger partial charge in [-0.25, -0.2) is 0 Å². The monoisotopic (exact) mass is 219 g/mol. The van der Waals surface area contributed by atoms with Crippen molar-refractivity contribution >= 4 is 5.91 Å². The van der Waals surface area contributed by atoms with E-state index >= 15 is 0 Å². The molecular formula is C14H21NO. The SMILES string of the molecule is Cc1ccccc1[C@@H](C)NC(=O)C(C)(C)C. The van der Waals surface area contributed by atoms with Crippen LogP contribution in [0.4, 0.5) is 0 Å². The second-order valence-corrected chi connectivity index (χ2v) is 5.30. The molecule has 1 aromatic carbocycles. The Hall–Kier alpha value is -1.31. The minimum absolute atomic E-state index is 0.0629. The predicted molar refractivity (Wildman–Crippen MR) is 67.2 cm³/mol. The molecule has 0 aliphatic carbocycles. The van der Waals surface area contributed by atoms with Crippen LogP contribution in [0.15, 0.2) is 24.3 Å².